The van der Waals surface area contributed by atoms with Crippen molar-refractivity contribution in [3.8, 4) is 0 Å². The summed E-state index contributed by atoms with van der Waals surface area (Å²) in [7, 11) is -2.92. The highest BCUT2D eigenvalue weighted by Crippen LogP contribution is 2.18. The molecule has 1 N–H and O–H groups in total. The van der Waals surface area contributed by atoms with Gasteiger partial charge >= 0.3 is 5.97 Å². The summed E-state index contributed by atoms with van der Waals surface area (Å²) in [5, 5.41) is 8.72. The maximum atomic E-state index is 11.6. The van der Waals surface area contributed by atoms with Gasteiger partial charge < -0.3 is 5.11 Å². The number of sulfone groups is 1. The molecule has 1 atom stereocenters. The molecular formula is C15H19NO4S. The molecule has 1 heterocycles. The van der Waals surface area contributed by atoms with Gasteiger partial charge in [0.25, 0.3) is 0 Å². The van der Waals surface area contributed by atoms with E-state index in [4.69, 9.17) is 5.11 Å². The summed E-state index contributed by atoms with van der Waals surface area (Å²) in [5.74, 6) is -0.618. The Hall–Kier alpha value is -1.66. The molecule has 114 valence electrons. The van der Waals surface area contributed by atoms with E-state index >= 15 is 0 Å². The zero-order valence-electron chi connectivity index (χ0n) is 11.9. The fraction of sp³-hybridized carbons (Fsp3) is 0.400. The van der Waals surface area contributed by atoms with Crippen LogP contribution in [0.25, 0.3) is 6.08 Å². The third-order valence-corrected chi connectivity index (χ3v) is 5.44. The average molecular weight is 309 g/mol. The molecule has 1 aliphatic heterocycles. The minimum atomic E-state index is -2.92. The quantitative estimate of drug-likeness (QED) is 0.851. The number of hydrogen-bond acceptors (Lipinski definition) is 4. The normalized spacial score (nSPS) is 22.4. The van der Waals surface area contributed by atoms with Crippen LogP contribution in [-0.4, -0.2) is 48.5 Å². The number of hydrogen-bond donors (Lipinski definition) is 1. The van der Waals surface area contributed by atoms with Crippen LogP contribution in [0, 0.1) is 0 Å². The SMILES string of the molecule is CC1CS(=O)(=O)CCN1Cc1ccccc1/C=C/C(=O)O. The number of nitrogens with zero attached hydrogens (tertiary/aromatic N) is 1. The van der Waals surface area contributed by atoms with Crippen LogP contribution < -0.4 is 0 Å². The fourth-order valence-corrected chi connectivity index (χ4v) is 4.11. The van der Waals surface area contributed by atoms with Gasteiger partial charge in [-0.15, -0.1) is 0 Å². The van der Waals surface area contributed by atoms with E-state index < -0.39 is 15.8 Å². The first-order valence-electron chi connectivity index (χ1n) is 6.81. The van der Waals surface area contributed by atoms with Gasteiger partial charge in [-0.1, -0.05) is 24.3 Å². The summed E-state index contributed by atoms with van der Waals surface area (Å²) >= 11 is 0. The highest BCUT2D eigenvalue weighted by molar-refractivity contribution is 7.91. The van der Waals surface area contributed by atoms with Crippen molar-refractivity contribution >= 4 is 21.9 Å². The molecular weight excluding hydrogens is 290 g/mol. The zero-order chi connectivity index (χ0) is 15.5. The van der Waals surface area contributed by atoms with E-state index in [1.165, 1.54) is 0 Å². The third-order valence-electron chi connectivity index (χ3n) is 3.64. The Morgan fingerprint density at radius 3 is 2.81 bits per heavy atom. The lowest BCUT2D eigenvalue weighted by Crippen LogP contribution is -2.46. The predicted molar refractivity (Wildman–Crippen MR) is 81.6 cm³/mol. The molecule has 0 spiro atoms. The lowest BCUT2D eigenvalue weighted by Gasteiger charge is -2.33. The maximum absolute atomic E-state index is 11.6. The van der Waals surface area contributed by atoms with Crippen LogP contribution in [0.15, 0.2) is 30.3 Å². The van der Waals surface area contributed by atoms with Crippen molar-refractivity contribution in [2.45, 2.75) is 19.5 Å². The highest BCUT2D eigenvalue weighted by Gasteiger charge is 2.28. The molecule has 0 amide bonds. The Morgan fingerprint density at radius 1 is 1.43 bits per heavy atom. The molecule has 0 aromatic heterocycles. The lowest BCUT2D eigenvalue weighted by molar-refractivity contribution is -0.131. The van der Waals surface area contributed by atoms with Crippen LogP contribution in [0.3, 0.4) is 0 Å². The van der Waals surface area contributed by atoms with E-state index in [1.54, 1.807) is 6.08 Å². The number of rotatable bonds is 4. The molecule has 1 aromatic carbocycles. The van der Waals surface area contributed by atoms with Gasteiger partial charge in [-0.3, -0.25) is 4.90 Å². The van der Waals surface area contributed by atoms with Crippen LogP contribution in [0.4, 0.5) is 0 Å². The Morgan fingerprint density at radius 2 is 2.14 bits per heavy atom. The van der Waals surface area contributed by atoms with Crippen LogP contribution in [-0.2, 0) is 21.2 Å². The van der Waals surface area contributed by atoms with Crippen molar-refractivity contribution < 1.29 is 18.3 Å². The molecule has 1 unspecified atom stereocenters. The zero-order valence-corrected chi connectivity index (χ0v) is 12.7. The molecule has 21 heavy (non-hydrogen) atoms. The number of carboxylic acids is 1. The topological polar surface area (TPSA) is 74.7 Å². The van der Waals surface area contributed by atoms with Gasteiger partial charge in [-0.25, -0.2) is 13.2 Å². The summed E-state index contributed by atoms with van der Waals surface area (Å²) in [6.07, 6.45) is 2.69. The van der Waals surface area contributed by atoms with Crippen molar-refractivity contribution in [3.63, 3.8) is 0 Å². The van der Waals surface area contributed by atoms with E-state index in [0.717, 1.165) is 17.2 Å². The second-order valence-corrected chi connectivity index (χ2v) is 7.53. The number of aliphatic carboxylic acids is 1. The molecule has 2 rings (SSSR count). The summed E-state index contributed by atoms with van der Waals surface area (Å²) < 4.78 is 23.2. The van der Waals surface area contributed by atoms with E-state index in [9.17, 15) is 13.2 Å². The molecule has 1 aromatic rings. The van der Waals surface area contributed by atoms with Crippen LogP contribution in [0.2, 0.25) is 0 Å². The van der Waals surface area contributed by atoms with Gasteiger partial charge in [0.15, 0.2) is 9.84 Å². The predicted octanol–water partition coefficient (Wildman–Crippen LogP) is 1.40. The Bertz CT molecular complexity index is 651. The molecule has 6 heteroatoms. The van der Waals surface area contributed by atoms with Crippen LogP contribution in [0.1, 0.15) is 18.1 Å². The lowest BCUT2D eigenvalue weighted by atomic mass is 10.1. The number of carbonyl (C=O) groups is 1. The first-order chi connectivity index (χ1) is 9.87. The van der Waals surface area contributed by atoms with Crippen molar-refractivity contribution in [3.05, 3.63) is 41.5 Å². The molecule has 0 saturated carbocycles. The van der Waals surface area contributed by atoms with Gasteiger partial charge in [0.05, 0.1) is 11.5 Å². The van der Waals surface area contributed by atoms with Crippen molar-refractivity contribution in [1.29, 1.82) is 0 Å². The third kappa shape index (κ3) is 4.41. The maximum Gasteiger partial charge on any atom is 0.328 e. The standard InChI is InChI=1S/C15H19NO4S/c1-12-11-21(19,20)9-8-16(12)10-14-5-3-2-4-13(14)6-7-15(17)18/h2-7,12H,8-11H2,1H3,(H,17,18)/b7-6+. The first-order valence-corrected chi connectivity index (χ1v) is 8.63. The molecule has 1 fully saturated rings. The van der Waals surface area contributed by atoms with E-state index in [2.05, 4.69) is 4.90 Å². The van der Waals surface area contributed by atoms with Crippen molar-refractivity contribution in [1.82, 2.24) is 4.90 Å². The van der Waals surface area contributed by atoms with E-state index in [1.807, 2.05) is 31.2 Å². The monoisotopic (exact) mass is 309 g/mol. The van der Waals surface area contributed by atoms with Crippen molar-refractivity contribution in [2.24, 2.45) is 0 Å². The summed E-state index contributed by atoms with van der Waals surface area (Å²) in [6.45, 7) is 3.05. The number of carboxylic acid groups (broad SMARTS) is 1. The second kappa shape index (κ2) is 6.41. The summed E-state index contributed by atoms with van der Waals surface area (Å²) in [5.41, 5.74) is 1.85. The van der Waals surface area contributed by atoms with Gasteiger partial charge in [0, 0.05) is 25.2 Å². The number of benzene rings is 1. The Kier molecular flexibility index (Phi) is 4.80. The second-order valence-electron chi connectivity index (χ2n) is 5.30. The highest BCUT2D eigenvalue weighted by atomic mass is 32.2. The molecule has 5 nitrogen and oxygen atoms in total. The molecule has 0 radical (unpaired) electrons. The minimum Gasteiger partial charge on any atom is -0.478 e. The van der Waals surface area contributed by atoms with Gasteiger partial charge in [-0.2, -0.15) is 0 Å². The first kappa shape index (κ1) is 15.7. The minimum absolute atomic E-state index is 0.0275. The Balaban J connectivity index is 2.15. The molecule has 1 saturated heterocycles. The molecule has 0 bridgehead atoms. The smallest absolute Gasteiger partial charge is 0.328 e. The fourth-order valence-electron chi connectivity index (χ4n) is 2.49. The van der Waals surface area contributed by atoms with Gasteiger partial charge in [0.2, 0.25) is 0 Å². The average Bonchev–Trinajstić information content (AvgIpc) is 2.40. The summed E-state index contributed by atoms with van der Waals surface area (Å²) in [4.78, 5) is 12.8. The Labute approximate surface area is 124 Å². The van der Waals surface area contributed by atoms with Gasteiger partial charge in [0.1, 0.15) is 0 Å². The molecule has 0 aliphatic carbocycles. The van der Waals surface area contributed by atoms with E-state index in [-0.39, 0.29) is 17.5 Å². The van der Waals surface area contributed by atoms with E-state index in [0.29, 0.717) is 13.1 Å². The van der Waals surface area contributed by atoms with Crippen LogP contribution >= 0.6 is 0 Å². The summed E-state index contributed by atoms with van der Waals surface area (Å²) in [6, 6.07) is 7.53. The van der Waals surface area contributed by atoms with Crippen LogP contribution in [0.5, 0.6) is 0 Å². The largest absolute Gasteiger partial charge is 0.478 e. The van der Waals surface area contributed by atoms with Crippen molar-refractivity contribution in [2.75, 3.05) is 18.1 Å². The van der Waals surface area contributed by atoms with Gasteiger partial charge in [-0.05, 0) is 24.1 Å². The molecule has 1 aliphatic rings.